The molecule has 0 saturated carbocycles. The molecule has 1 aliphatic heterocycles. The minimum atomic E-state index is -4.58. The maximum absolute atomic E-state index is 12.6. The van der Waals surface area contributed by atoms with Crippen LogP contribution in [-0.4, -0.2) is 34.2 Å². The Morgan fingerprint density at radius 1 is 0.857 bits per heavy atom. The number of halogens is 3. The number of alkyl halides is 3. The summed E-state index contributed by atoms with van der Waals surface area (Å²) in [5.74, 6) is 0. The van der Waals surface area contributed by atoms with Crippen LogP contribution in [0.15, 0.2) is 58.3 Å². The van der Waals surface area contributed by atoms with E-state index >= 15 is 0 Å². The number of sulfonamides is 2. The van der Waals surface area contributed by atoms with E-state index in [4.69, 9.17) is 0 Å². The summed E-state index contributed by atoms with van der Waals surface area (Å²) in [5.41, 5.74) is -0.967. The van der Waals surface area contributed by atoms with E-state index in [9.17, 15) is 30.0 Å². The third-order valence-corrected chi connectivity index (χ3v) is 7.57. The summed E-state index contributed by atoms with van der Waals surface area (Å²) in [7, 11) is -7.91. The molecule has 0 aliphatic carbocycles. The number of nitrogens with one attached hydrogen (secondary N) is 1. The Bertz CT molecular complexity index is 1060. The summed E-state index contributed by atoms with van der Waals surface area (Å²) in [6, 6.07) is 8.34. The number of hydrogen-bond acceptors (Lipinski definition) is 4. The molecule has 28 heavy (non-hydrogen) atoms. The number of nitrogens with zero attached hydrogens (tertiary/aromatic N) is 1. The summed E-state index contributed by atoms with van der Waals surface area (Å²) < 4.78 is 91.4. The Balaban J connectivity index is 1.85. The fraction of sp³-hybridized carbons (Fsp3) is 0.294. The predicted molar refractivity (Wildman–Crippen MR) is 96.7 cm³/mol. The molecule has 0 unspecified atom stereocenters. The predicted octanol–water partition coefficient (Wildman–Crippen LogP) is 3.29. The highest BCUT2D eigenvalue weighted by Gasteiger charge is 2.31. The van der Waals surface area contributed by atoms with E-state index in [1.807, 2.05) is 0 Å². The highest BCUT2D eigenvalue weighted by atomic mass is 32.2. The van der Waals surface area contributed by atoms with Crippen LogP contribution in [0.25, 0.3) is 0 Å². The zero-order valence-electron chi connectivity index (χ0n) is 14.5. The van der Waals surface area contributed by atoms with Gasteiger partial charge in [-0.1, -0.05) is 6.07 Å². The fourth-order valence-electron chi connectivity index (χ4n) is 2.83. The molecule has 1 saturated heterocycles. The lowest BCUT2D eigenvalue weighted by atomic mass is 10.2. The molecule has 0 spiro atoms. The molecule has 11 heteroatoms. The van der Waals surface area contributed by atoms with Crippen LogP contribution in [0.4, 0.5) is 18.9 Å². The number of anilines is 1. The summed E-state index contributed by atoms with van der Waals surface area (Å²) in [6.07, 6.45) is -3.05. The van der Waals surface area contributed by atoms with Crippen LogP contribution in [-0.2, 0) is 26.2 Å². The standard InChI is InChI=1S/C17H17F3N2O4S2/c18-17(19,20)13-6-8-15(9-7-13)27(23,24)21-14-4-3-5-16(12-14)28(25,26)22-10-1-2-11-22/h3-9,12,21H,1-2,10-11H2. The summed E-state index contributed by atoms with van der Waals surface area (Å²) in [4.78, 5) is -0.421. The molecule has 2 aromatic rings. The van der Waals surface area contributed by atoms with E-state index in [2.05, 4.69) is 4.72 Å². The van der Waals surface area contributed by atoms with Gasteiger partial charge >= 0.3 is 6.18 Å². The maximum Gasteiger partial charge on any atom is 0.416 e. The Morgan fingerprint density at radius 3 is 2.04 bits per heavy atom. The molecule has 1 fully saturated rings. The second kappa shape index (κ2) is 7.37. The van der Waals surface area contributed by atoms with Crippen molar-refractivity contribution in [3.8, 4) is 0 Å². The Hall–Kier alpha value is -2.11. The van der Waals surface area contributed by atoms with Gasteiger partial charge in [-0.2, -0.15) is 17.5 Å². The van der Waals surface area contributed by atoms with Crippen LogP contribution < -0.4 is 4.72 Å². The lowest BCUT2D eigenvalue weighted by Crippen LogP contribution is -2.27. The SMILES string of the molecule is O=S(=O)(Nc1cccc(S(=O)(=O)N2CCCC2)c1)c1ccc(C(F)(F)F)cc1. The first-order chi connectivity index (χ1) is 13.0. The van der Waals surface area contributed by atoms with Gasteiger partial charge in [-0.05, 0) is 55.3 Å². The first-order valence-electron chi connectivity index (χ1n) is 8.30. The number of hydrogen-bond donors (Lipinski definition) is 1. The zero-order valence-corrected chi connectivity index (χ0v) is 16.1. The van der Waals surface area contributed by atoms with Crippen LogP contribution in [0.1, 0.15) is 18.4 Å². The van der Waals surface area contributed by atoms with Crippen molar-refractivity contribution in [2.24, 2.45) is 0 Å². The van der Waals surface area contributed by atoms with Gasteiger partial charge < -0.3 is 0 Å². The van der Waals surface area contributed by atoms with Crippen molar-refractivity contribution < 1.29 is 30.0 Å². The molecule has 3 rings (SSSR count). The molecule has 2 aromatic carbocycles. The van der Waals surface area contributed by atoms with Crippen molar-refractivity contribution in [1.29, 1.82) is 0 Å². The Morgan fingerprint density at radius 2 is 1.46 bits per heavy atom. The van der Waals surface area contributed by atoms with E-state index in [1.54, 1.807) is 0 Å². The topological polar surface area (TPSA) is 83.5 Å². The van der Waals surface area contributed by atoms with E-state index < -0.39 is 31.8 Å². The Labute approximate surface area is 161 Å². The van der Waals surface area contributed by atoms with Gasteiger partial charge in [0.25, 0.3) is 10.0 Å². The van der Waals surface area contributed by atoms with Crippen LogP contribution in [0.2, 0.25) is 0 Å². The number of rotatable bonds is 5. The van der Waals surface area contributed by atoms with Crippen molar-refractivity contribution in [3.05, 3.63) is 54.1 Å². The van der Waals surface area contributed by atoms with Crippen LogP contribution in [0.3, 0.4) is 0 Å². The van der Waals surface area contributed by atoms with Crippen LogP contribution in [0, 0.1) is 0 Å². The highest BCUT2D eigenvalue weighted by molar-refractivity contribution is 7.92. The third-order valence-electron chi connectivity index (χ3n) is 4.28. The van der Waals surface area contributed by atoms with E-state index in [-0.39, 0.29) is 15.5 Å². The maximum atomic E-state index is 12.6. The monoisotopic (exact) mass is 434 g/mol. The average Bonchev–Trinajstić information content (AvgIpc) is 3.16. The van der Waals surface area contributed by atoms with Gasteiger partial charge in [-0.15, -0.1) is 0 Å². The van der Waals surface area contributed by atoms with Gasteiger partial charge in [0.2, 0.25) is 10.0 Å². The van der Waals surface area contributed by atoms with Crippen molar-refractivity contribution in [1.82, 2.24) is 4.31 Å². The van der Waals surface area contributed by atoms with Crippen molar-refractivity contribution in [2.45, 2.75) is 28.8 Å². The number of benzene rings is 2. The molecule has 1 N–H and O–H groups in total. The minimum Gasteiger partial charge on any atom is -0.280 e. The van der Waals surface area contributed by atoms with E-state index in [1.165, 1.54) is 28.6 Å². The third kappa shape index (κ3) is 4.31. The molecular weight excluding hydrogens is 417 g/mol. The van der Waals surface area contributed by atoms with Gasteiger partial charge in [0.15, 0.2) is 0 Å². The molecule has 6 nitrogen and oxygen atoms in total. The highest BCUT2D eigenvalue weighted by Crippen LogP contribution is 2.30. The van der Waals surface area contributed by atoms with Gasteiger partial charge in [-0.25, -0.2) is 16.8 Å². The van der Waals surface area contributed by atoms with Crippen LogP contribution in [0.5, 0.6) is 0 Å². The second-order valence-electron chi connectivity index (χ2n) is 6.27. The molecule has 1 aliphatic rings. The van der Waals surface area contributed by atoms with Crippen molar-refractivity contribution in [3.63, 3.8) is 0 Å². The van der Waals surface area contributed by atoms with Crippen molar-refractivity contribution >= 4 is 25.7 Å². The van der Waals surface area contributed by atoms with E-state index in [0.717, 1.165) is 25.0 Å². The summed E-state index contributed by atoms with van der Waals surface area (Å²) >= 11 is 0. The lowest BCUT2D eigenvalue weighted by molar-refractivity contribution is -0.137. The summed E-state index contributed by atoms with van der Waals surface area (Å²) in [6.45, 7) is 0.813. The molecule has 0 bridgehead atoms. The lowest BCUT2D eigenvalue weighted by Gasteiger charge is -2.16. The molecule has 0 atom stereocenters. The van der Waals surface area contributed by atoms with E-state index in [0.29, 0.717) is 25.2 Å². The minimum absolute atomic E-state index is 0.000157. The van der Waals surface area contributed by atoms with Crippen molar-refractivity contribution in [2.75, 3.05) is 17.8 Å². The molecular formula is C17H17F3N2O4S2. The molecule has 0 aromatic heterocycles. The largest absolute Gasteiger partial charge is 0.416 e. The quantitative estimate of drug-likeness (QED) is 0.783. The molecule has 0 amide bonds. The van der Waals surface area contributed by atoms with Gasteiger partial charge in [0.05, 0.1) is 21.0 Å². The fourth-order valence-corrected chi connectivity index (χ4v) is 5.45. The molecule has 1 heterocycles. The zero-order chi connectivity index (χ0) is 20.6. The molecule has 0 radical (unpaired) electrons. The first kappa shape index (κ1) is 20.6. The average molecular weight is 434 g/mol. The summed E-state index contributed by atoms with van der Waals surface area (Å²) in [5, 5.41) is 0. The Kier molecular flexibility index (Phi) is 5.43. The van der Waals surface area contributed by atoms with Crippen LogP contribution >= 0.6 is 0 Å². The van der Waals surface area contributed by atoms with Gasteiger partial charge in [-0.3, -0.25) is 4.72 Å². The van der Waals surface area contributed by atoms with Gasteiger partial charge in [0.1, 0.15) is 0 Å². The molecule has 152 valence electrons. The second-order valence-corrected chi connectivity index (χ2v) is 9.89. The smallest absolute Gasteiger partial charge is 0.280 e. The normalized spacial score (nSPS) is 16.2. The first-order valence-corrected chi connectivity index (χ1v) is 11.2. The van der Waals surface area contributed by atoms with Gasteiger partial charge in [0, 0.05) is 13.1 Å².